The van der Waals surface area contributed by atoms with Gasteiger partial charge in [-0.15, -0.1) is 0 Å². The maximum absolute atomic E-state index is 12.6. The maximum atomic E-state index is 12.6. The number of hydrogen-bond donors (Lipinski definition) is 2. The zero-order valence-electron chi connectivity index (χ0n) is 17.1. The number of quaternary nitrogens is 1. The number of ether oxygens (including phenoxy) is 1. The van der Waals surface area contributed by atoms with E-state index in [4.69, 9.17) is 4.74 Å². The number of carbonyl (C=O) groups excluding carboxylic acids is 2. The monoisotopic (exact) mass is 395 g/mol. The molecule has 154 valence electrons. The molecule has 5 heteroatoms. The largest absolute Gasteiger partial charge is 0.467 e. The molecule has 1 amide bonds. The fourth-order valence-corrected chi connectivity index (χ4v) is 4.07. The molecule has 1 saturated heterocycles. The lowest BCUT2D eigenvalue weighted by molar-refractivity contribution is -0.898. The summed E-state index contributed by atoms with van der Waals surface area (Å²) in [6.45, 7) is 2.39. The number of rotatable bonds is 8. The van der Waals surface area contributed by atoms with Crippen molar-refractivity contribution >= 4 is 11.9 Å². The molecule has 1 aliphatic heterocycles. The smallest absolute Gasteiger partial charge is 0.328 e. The van der Waals surface area contributed by atoms with E-state index in [-0.39, 0.29) is 5.91 Å². The van der Waals surface area contributed by atoms with Crippen LogP contribution in [-0.4, -0.2) is 44.7 Å². The number of amides is 1. The van der Waals surface area contributed by atoms with E-state index in [0.717, 1.165) is 37.9 Å². The molecule has 0 aliphatic carbocycles. The minimum atomic E-state index is -0.648. The number of hydrogen-bond acceptors (Lipinski definition) is 3. The summed E-state index contributed by atoms with van der Waals surface area (Å²) in [5.41, 5.74) is 2.39. The SMILES string of the molecule is COC(=O)[C@@H](Cc1ccccc1)NC(=O)C[NH+]1CCC(Cc2ccccc2)CC1. The number of piperidine rings is 1. The first kappa shape index (κ1) is 21.1. The molecule has 2 N–H and O–H groups in total. The first-order valence-electron chi connectivity index (χ1n) is 10.4. The van der Waals surface area contributed by atoms with E-state index in [9.17, 15) is 9.59 Å². The second kappa shape index (κ2) is 10.8. The van der Waals surface area contributed by atoms with Crippen LogP contribution in [-0.2, 0) is 27.2 Å². The summed E-state index contributed by atoms with van der Waals surface area (Å²) in [5.74, 6) is 0.191. The van der Waals surface area contributed by atoms with Crippen molar-refractivity contribution in [2.24, 2.45) is 5.92 Å². The molecule has 1 heterocycles. The van der Waals surface area contributed by atoms with Crippen LogP contribution in [0.2, 0.25) is 0 Å². The van der Waals surface area contributed by atoms with Crippen molar-refractivity contribution in [1.29, 1.82) is 0 Å². The van der Waals surface area contributed by atoms with Crippen molar-refractivity contribution in [1.82, 2.24) is 5.32 Å². The Morgan fingerprint density at radius 3 is 2.17 bits per heavy atom. The van der Waals surface area contributed by atoms with Gasteiger partial charge in [0.2, 0.25) is 0 Å². The van der Waals surface area contributed by atoms with Gasteiger partial charge in [0.05, 0.1) is 20.2 Å². The van der Waals surface area contributed by atoms with Gasteiger partial charge < -0.3 is 15.0 Å². The Morgan fingerprint density at radius 2 is 1.59 bits per heavy atom. The molecule has 5 nitrogen and oxygen atoms in total. The lowest BCUT2D eigenvalue weighted by Crippen LogP contribution is -3.14. The van der Waals surface area contributed by atoms with E-state index in [1.807, 2.05) is 36.4 Å². The highest BCUT2D eigenvalue weighted by atomic mass is 16.5. The van der Waals surface area contributed by atoms with E-state index in [2.05, 4.69) is 29.6 Å². The van der Waals surface area contributed by atoms with Crippen molar-refractivity contribution in [3.8, 4) is 0 Å². The van der Waals surface area contributed by atoms with Gasteiger partial charge in [0.25, 0.3) is 5.91 Å². The standard InChI is InChI=1S/C24H30N2O3/c1-29-24(28)22(17-20-10-6-3-7-11-20)25-23(27)18-26-14-12-21(13-15-26)16-19-8-4-2-5-9-19/h2-11,21-22H,12-18H2,1H3,(H,25,27)/p+1/t22-/m1/s1. The number of nitrogens with one attached hydrogen (secondary N) is 2. The first-order chi connectivity index (χ1) is 14.1. The molecule has 1 fully saturated rings. The van der Waals surface area contributed by atoms with Crippen LogP contribution < -0.4 is 10.2 Å². The predicted molar refractivity (Wildman–Crippen MR) is 113 cm³/mol. The zero-order chi connectivity index (χ0) is 20.5. The van der Waals surface area contributed by atoms with Gasteiger partial charge in [-0.2, -0.15) is 0 Å². The van der Waals surface area contributed by atoms with Crippen LogP contribution in [0.1, 0.15) is 24.0 Å². The minimum absolute atomic E-state index is 0.0900. The van der Waals surface area contributed by atoms with Gasteiger partial charge in [-0.1, -0.05) is 60.7 Å². The summed E-state index contributed by atoms with van der Waals surface area (Å²) in [6.07, 6.45) is 3.81. The molecule has 0 unspecified atom stereocenters. The lowest BCUT2D eigenvalue weighted by atomic mass is 9.90. The Hall–Kier alpha value is -2.66. The summed E-state index contributed by atoms with van der Waals surface area (Å²) in [6, 6.07) is 19.6. The molecule has 2 aromatic carbocycles. The summed E-state index contributed by atoms with van der Waals surface area (Å²) in [5, 5.41) is 2.88. The number of likely N-dealkylation sites (tertiary alicyclic amines) is 1. The summed E-state index contributed by atoms with van der Waals surface area (Å²) in [7, 11) is 1.36. The Kier molecular flexibility index (Phi) is 7.82. The van der Waals surface area contributed by atoms with Crippen LogP contribution in [0, 0.1) is 5.92 Å². The second-order valence-corrected chi connectivity index (χ2v) is 7.89. The topological polar surface area (TPSA) is 59.8 Å². The highest BCUT2D eigenvalue weighted by Gasteiger charge is 2.27. The molecule has 0 saturated carbocycles. The van der Waals surface area contributed by atoms with Crippen molar-refractivity contribution in [3.63, 3.8) is 0 Å². The molecule has 1 aliphatic rings. The van der Waals surface area contributed by atoms with Gasteiger partial charge in [-0.05, 0) is 36.3 Å². The third-order valence-electron chi connectivity index (χ3n) is 5.69. The van der Waals surface area contributed by atoms with Gasteiger partial charge in [-0.3, -0.25) is 4.79 Å². The Balaban J connectivity index is 1.46. The van der Waals surface area contributed by atoms with Crippen molar-refractivity contribution in [2.75, 3.05) is 26.7 Å². The average Bonchev–Trinajstić information content (AvgIpc) is 2.75. The first-order valence-corrected chi connectivity index (χ1v) is 10.4. The molecule has 0 aromatic heterocycles. The number of carbonyl (C=O) groups is 2. The molecular formula is C24H31N2O3+. The van der Waals surface area contributed by atoms with Crippen LogP contribution in [0.25, 0.3) is 0 Å². The maximum Gasteiger partial charge on any atom is 0.328 e. The quantitative estimate of drug-likeness (QED) is 0.665. The molecule has 0 radical (unpaired) electrons. The van der Waals surface area contributed by atoms with Crippen molar-refractivity contribution in [2.45, 2.75) is 31.7 Å². The second-order valence-electron chi connectivity index (χ2n) is 7.89. The molecule has 29 heavy (non-hydrogen) atoms. The number of methoxy groups -OCH3 is 1. The summed E-state index contributed by atoms with van der Waals surface area (Å²) in [4.78, 5) is 26.0. The van der Waals surface area contributed by atoms with Crippen LogP contribution >= 0.6 is 0 Å². The number of benzene rings is 2. The van der Waals surface area contributed by atoms with E-state index < -0.39 is 12.0 Å². The Labute approximate surface area is 173 Å². The molecule has 0 bridgehead atoms. The van der Waals surface area contributed by atoms with Gasteiger partial charge in [-0.25, -0.2) is 4.79 Å². The van der Waals surface area contributed by atoms with Crippen LogP contribution in [0.3, 0.4) is 0 Å². The molecule has 3 rings (SSSR count). The molecule has 1 atom stereocenters. The minimum Gasteiger partial charge on any atom is -0.467 e. The number of esters is 1. The molecule has 2 aromatic rings. The normalized spacial score (nSPS) is 19.9. The van der Waals surface area contributed by atoms with Gasteiger partial charge in [0, 0.05) is 6.42 Å². The van der Waals surface area contributed by atoms with Gasteiger partial charge >= 0.3 is 5.97 Å². The van der Waals surface area contributed by atoms with Crippen molar-refractivity contribution < 1.29 is 19.2 Å². The lowest BCUT2D eigenvalue weighted by Gasteiger charge is -2.29. The average molecular weight is 396 g/mol. The van der Waals surface area contributed by atoms with Crippen LogP contribution in [0.4, 0.5) is 0 Å². The van der Waals surface area contributed by atoms with E-state index in [1.54, 1.807) is 0 Å². The summed E-state index contributed by atoms with van der Waals surface area (Å²) < 4.78 is 4.89. The van der Waals surface area contributed by atoms with E-state index >= 15 is 0 Å². The Bertz CT molecular complexity index is 771. The van der Waals surface area contributed by atoms with E-state index in [1.165, 1.54) is 17.6 Å². The van der Waals surface area contributed by atoms with E-state index in [0.29, 0.717) is 18.9 Å². The van der Waals surface area contributed by atoms with Crippen LogP contribution in [0.5, 0.6) is 0 Å². The molecular weight excluding hydrogens is 364 g/mol. The third kappa shape index (κ3) is 6.71. The third-order valence-corrected chi connectivity index (χ3v) is 5.69. The summed E-state index contributed by atoms with van der Waals surface area (Å²) >= 11 is 0. The Morgan fingerprint density at radius 1 is 1.00 bits per heavy atom. The van der Waals surface area contributed by atoms with Crippen LogP contribution in [0.15, 0.2) is 60.7 Å². The predicted octanol–water partition coefficient (Wildman–Crippen LogP) is 1.42. The fraction of sp³-hybridized carbons (Fsp3) is 0.417. The van der Waals surface area contributed by atoms with Gasteiger partial charge in [0.15, 0.2) is 6.54 Å². The highest BCUT2D eigenvalue weighted by molar-refractivity contribution is 5.85. The van der Waals surface area contributed by atoms with Gasteiger partial charge in [0.1, 0.15) is 6.04 Å². The zero-order valence-corrected chi connectivity index (χ0v) is 17.1. The fourth-order valence-electron chi connectivity index (χ4n) is 4.07. The van der Waals surface area contributed by atoms with Crippen molar-refractivity contribution in [3.05, 3.63) is 71.8 Å². The highest BCUT2D eigenvalue weighted by Crippen LogP contribution is 2.16. The molecule has 0 spiro atoms.